The van der Waals surface area contributed by atoms with Crippen LogP contribution in [0.1, 0.15) is 20.3 Å². The van der Waals surface area contributed by atoms with Crippen molar-refractivity contribution in [2.24, 2.45) is 0 Å². The first-order valence-electron chi connectivity index (χ1n) is 22.3. The lowest BCUT2D eigenvalue weighted by Gasteiger charge is -2.14. The van der Waals surface area contributed by atoms with Crippen molar-refractivity contribution >= 4 is 85.6 Å². The summed E-state index contributed by atoms with van der Waals surface area (Å²) >= 11 is 1.86. The van der Waals surface area contributed by atoms with Crippen molar-refractivity contribution in [2.45, 2.75) is 20.3 Å². The molecule has 10 aromatic carbocycles. The maximum Gasteiger partial charge on any atom is 0.238 e. The number of rotatable bonds is 5. The smallest absolute Gasteiger partial charge is 0.238 e. The highest BCUT2D eigenvalue weighted by Gasteiger charge is 2.23. The Labute approximate surface area is 380 Å². The molecular formula is C60H42N4S. The summed E-state index contributed by atoms with van der Waals surface area (Å²) in [6.45, 7) is 4.25. The molecular weight excluding hydrogens is 809 g/mol. The number of fused-ring (bicyclic) bond motifs is 11. The van der Waals surface area contributed by atoms with Gasteiger partial charge in [-0.2, -0.15) is 9.97 Å². The molecule has 0 saturated carbocycles. The Kier molecular flexibility index (Phi) is 9.50. The normalized spacial score (nSPS) is 11.6. The number of thiophene rings is 1. The third-order valence-corrected chi connectivity index (χ3v) is 13.6. The fraction of sp³-hybridized carbons (Fsp3) is 0.0500. The van der Waals surface area contributed by atoms with Gasteiger partial charge in [-0.3, -0.25) is 4.57 Å². The SMILES string of the molecule is CCC.c1ccc(-c2ccc(-c3nc(-c4ccc5ccccc5c4)nc(-n4c5c(-c6ccc7sc8ccc9ccccc9c8c7c6)cccc5c5ccc6ccccc6c54)n3)cc2)cc1. The lowest BCUT2D eigenvalue weighted by molar-refractivity contribution is 0.955. The summed E-state index contributed by atoms with van der Waals surface area (Å²) in [7, 11) is 0. The second-order valence-corrected chi connectivity index (χ2v) is 17.8. The molecule has 3 aromatic heterocycles. The van der Waals surface area contributed by atoms with Gasteiger partial charge in [-0.1, -0.05) is 202 Å². The van der Waals surface area contributed by atoms with Crippen molar-refractivity contribution in [3.05, 3.63) is 206 Å². The van der Waals surface area contributed by atoms with Gasteiger partial charge in [0.05, 0.1) is 11.0 Å². The van der Waals surface area contributed by atoms with Gasteiger partial charge in [0.1, 0.15) is 0 Å². The molecule has 13 aromatic rings. The van der Waals surface area contributed by atoms with Crippen LogP contribution in [-0.4, -0.2) is 19.5 Å². The first-order chi connectivity index (χ1) is 32.1. The van der Waals surface area contributed by atoms with E-state index in [9.17, 15) is 0 Å². The first-order valence-corrected chi connectivity index (χ1v) is 23.2. The molecule has 4 nitrogen and oxygen atoms in total. The zero-order chi connectivity index (χ0) is 43.4. The summed E-state index contributed by atoms with van der Waals surface area (Å²) < 4.78 is 4.88. The Balaban J connectivity index is 0.00000144. The van der Waals surface area contributed by atoms with Crippen molar-refractivity contribution in [3.63, 3.8) is 0 Å². The van der Waals surface area contributed by atoms with Gasteiger partial charge in [0, 0.05) is 53.0 Å². The molecule has 0 radical (unpaired) electrons. The van der Waals surface area contributed by atoms with E-state index >= 15 is 0 Å². The zero-order valence-electron chi connectivity index (χ0n) is 36.0. The van der Waals surface area contributed by atoms with Crippen LogP contribution >= 0.6 is 11.3 Å². The van der Waals surface area contributed by atoms with Crippen molar-refractivity contribution in [1.82, 2.24) is 19.5 Å². The Morgan fingerprint density at radius 2 is 0.923 bits per heavy atom. The third kappa shape index (κ3) is 6.63. The molecule has 0 bridgehead atoms. The molecule has 0 aliphatic rings. The Hall–Kier alpha value is -7.99. The van der Waals surface area contributed by atoms with E-state index in [1.165, 1.54) is 48.3 Å². The molecule has 0 spiro atoms. The number of aromatic nitrogens is 4. The third-order valence-electron chi connectivity index (χ3n) is 12.4. The van der Waals surface area contributed by atoms with Gasteiger partial charge in [-0.05, 0) is 67.9 Å². The van der Waals surface area contributed by atoms with Gasteiger partial charge < -0.3 is 0 Å². The molecule has 0 saturated heterocycles. The van der Waals surface area contributed by atoms with Gasteiger partial charge >= 0.3 is 0 Å². The van der Waals surface area contributed by atoms with E-state index in [0.717, 1.165) is 65.8 Å². The summed E-state index contributed by atoms with van der Waals surface area (Å²) in [5.74, 6) is 1.80. The van der Waals surface area contributed by atoms with Crippen molar-refractivity contribution in [1.29, 1.82) is 0 Å². The van der Waals surface area contributed by atoms with Crippen LogP contribution in [0.2, 0.25) is 0 Å². The fourth-order valence-corrected chi connectivity index (χ4v) is 10.6. The molecule has 5 heteroatoms. The average molecular weight is 851 g/mol. The van der Waals surface area contributed by atoms with Crippen molar-refractivity contribution in [3.8, 4) is 51.0 Å². The van der Waals surface area contributed by atoms with E-state index in [1.807, 2.05) is 17.4 Å². The summed E-state index contributed by atoms with van der Waals surface area (Å²) in [5.41, 5.74) is 8.54. The van der Waals surface area contributed by atoms with Gasteiger partial charge in [-0.15, -0.1) is 11.3 Å². The van der Waals surface area contributed by atoms with Crippen LogP contribution in [0.5, 0.6) is 0 Å². The lowest BCUT2D eigenvalue weighted by atomic mass is 9.98. The minimum Gasteiger partial charge on any atom is -0.277 e. The molecule has 0 N–H and O–H groups in total. The predicted octanol–water partition coefficient (Wildman–Crippen LogP) is 16.9. The maximum absolute atomic E-state index is 5.44. The van der Waals surface area contributed by atoms with Gasteiger partial charge in [0.2, 0.25) is 5.95 Å². The number of nitrogens with zero attached hydrogens (tertiary/aromatic N) is 4. The predicted molar refractivity (Wildman–Crippen MR) is 277 cm³/mol. The van der Waals surface area contributed by atoms with Crippen LogP contribution in [0.15, 0.2) is 206 Å². The largest absolute Gasteiger partial charge is 0.277 e. The minimum atomic E-state index is 0.571. The van der Waals surface area contributed by atoms with Crippen LogP contribution in [0.25, 0.3) is 125 Å². The Bertz CT molecular complexity index is 3940. The summed E-state index contributed by atoms with van der Waals surface area (Å²) in [6, 6.07) is 74.0. The monoisotopic (exact) mass is 850 g/mol. The van der Waals surface area contributed by atoms with E-state index in [1.54, 1.807) is 0 Å². The molecule has 0 atom stereocenters. The van der Waals surface area contributed by atoms with E-state index in [0.29, 0.717) is 17.6 Å². The standard InChI is InChI=1S/C57H34N4S.C3H8/c1-2-11-35(12-3-1)37-21-24-40(25-22-37)55-58-56(43-26-23-36-13-4-5-16-41(36)33-43)60-57(59-55)61-53-45-18-9-7-15-39(45)27-30-48(53)47-20-10-19-46(54(47)61)42-29-31-50-49(34-42)52-44-17-8-6-14-38(44)28-32-51(52)62-50;1-3-2/h1-34H;3H2,1-2H3. The molecule has 0 aliphatic carbocycles. The molecule has 0 fully saturated rings. The molecule has 308 valence electrons. The highest BCUT2D eigenvalue weighted by atomic mass is 32.1. The second-order valence-electron chi connectivity index (χ2n) is 16.7. The van der Waals surface area contributed by atoms with E-state index in [-0.39, 0.29) is 0 Å². The second kappa shape index (κ2) is 16.0. The average Bonchev–Trinajstić information content (AvgIpc) is 3.93. The van der Waals surface area contributed by atoms with Gasteiger partial charge in [0.15, 0.2) is 11.6 Å². The minimum absolute atomic E-state index is 0.571. The van der Waals surface area contributed by atoms with Gasteiger partial charge in [-0.25, -0.2) is 4.98 Å². The Morgan fingerprint density at radius 1 is 0.369 bits per heavy atom. The van der Waals surface area contributed by atoms with Crippen molar-refractivity contribution < 1.29 is 0 Å². The maximum atomic E-state index is 5.44. The van der Waals surface area contributed by atoms with Crippen LogP contribution in [-0.2, 0) is 0 Å². The molecule has 13 rings (SSSR count). The van der Waals surface area contributed by atoms with Crippen LogP contribution in [0.3, 0.4) is 0 Å². The first kappa shape index (κ1) is 38.7. The molecule has 65 heavy (non-hydrogen) atoms. The van der Waals surface area contributed by atoms with Gasteiger partial charge in [0.25, 0.3) is 0 Å². The number of hydrogen-bond acceptors (Lipinski definition) is 4. The van der Waals surface area contributed by atoms with Crippen molar-refractivity contribution in [2.75, 3.05) is 0 Å². The highest BCUT2D eigenvalue weighted by Crippen LogP contribution is 2.44. The molecule has 0 unspecified atom stereocenters. The number of hydrogen-bond donors (Lipinski definition) is 0. The summed E-state index contributed by atoms with van der Waals surface area (Å²) in [4.78, 5) is 16.1. The van der Waals surface area contributed by atoms with Crippen LogP contribution in [0, 0.1) is 0 Å². The topological polar surface area (TPSA) is 43.6 Å². The van der Waals surface area contributed by atoms with E-state index < -0.39 is 0 Å². The quantitative estimate of drug-likeness (QED) is 0.173. The fourth-order valence-electron chi connectivity index (χ4n) is 9.47. The van der Waals surface area contributed by atoms with E-state index in [2.05, 4.69) is 219 Å². The Morgan fingerprint density at radius 3 is 1.72 bits per heavy atom. The van der Waals surface area contributed by atoms with Crippen LogP contribution in [0.4, 0.5) is 0 Å². The molecule has 0 aliphatic heterocycles. The molecule has 3 heterocycles. The number of para-hydroxylation sites is 1. The number of benzene rings is 10. The van der Waals surface area contributed by atoms with Crippen LogP contribution < -0.4 is 0 Å². The lowest BCUT2D eigenvalue weighted by Crippen LogP contribution is -2.07. The zero-order valence-corrected chi connectivity index (χ0v) is 36.9. The summed E-state index contributed by atoms with van der Waals surface area (Å²) in [5, 5.41) is 12.0. The molecule has 0 amide bonds. The highest BCUT2D eigenvalue weighted by molar-refractivity contribution is 7.26. The van der Waals surface area contributed by atoms with E-state index in [4.69, 9.17) is 15.0 Å². The summed E-state index contributed by atoms with van der Waals surface area (Å²) in [6.07, 6.45) is 1.25.